The van der Waals surface area contributed by atoms with Gasteiger partial charge in [0.05, 0.1) is 22.7 Å². The Morgan fingerprint density at radius 3 is 3.00 bits per heavy atom. The van der Waals surface area contributed by atoms with Crippen molar-refractivity contribution in [1.82, 2.24) is 10.3 Å². The molecule has 0 atom stereocenters. The van der Waals surface area contributed by atoms with Gasteiger partial charge in [0.25, 0.3) is 5.91 Å². The van der Waals surface area contributed by atoms with E-state index in [1.807, 2.05) is 12.5 Å². The summed E-state index contributed by atoms with van der Waals surface area (Å²) in [6, 6.07) is 0. The van der Waals surface area contributed by atoms with Gasteiger partial charge in [-0.1, -0.05) is 0 Å². The van der Waals surface area contributed by atoms with Crippen molar-refractivity contribution in [3.8, 4) is 0 Å². The van der Waals surface area contributed by atoms with Gasteiger partial charge in [-0.2, -0.15) is 0 Å². The number of thioether (sulfide) groups is 1. The van der Waals surface area contributed by atoms with Gasteiger partial charge in [0.2, 0.25) is 0 Å². The van der Waals surface area contributed by atoms with E-state index in [1.165, 1.54) is 0 Å². The highest BCUT2D eigenvalue weighted by molar-refractivity contribution is 8.00. The first-order valence-corrected chi connectivity index (χ1v) is 6.41. The van der Waals surface area contributed by atoms with E-state index in [2.05, 4.69) is 15.3 Å². The number of nitrogens with one attached hydrogen (secondary N) is 1. The van der Waals surface area contributed by atoms with E-state index in [0.29, 0.717) is 12.3 Å². The van der Waals surface area contributed by atoms with Crippen LogP contribution < -0.4 is 5.32 Å². The first kappa shape index (κ1) is 12.2. The molecule has 1 rings (SSSR count). The number of amides is 1. The Morgan fingerprint density at radius 2 is 2.47 bits per heavy atom. The molecule has 1 amide bonds. The average molecular weight is 243 g/mol. The maximum atomic E-state index is 11.4. The van der Waals surface area contributed by atoms with Gasteiger partial charge in [0.1, 0.15) is 5.01 Å². The Bertz CT molecular complexity index is 373. The van der Waals surface area contributed by atoms with Gasteiger partial charge in [0, 0.05) is 7.05 Å². The van der Waals surface area contributed by atoms with E-state index in [4.69, 9.17) is 0 Å². The molecule has 0 saturated heterocycles. The van der Waals surface area contributed by atoms with Crippen molar-refractivity contribution in [1.29, 1.82) is 0 Å². The zero-order valence-electron chi connectivity index (χ0n) is 8.90. The Labute approximate surface area is 97.2 Å². The third kappa shape index (κ3) is 3.64. The standard InChI is InChI=1S/C9H13N3OS2/c1-6(10-2)9(13)12-4-7-11-5-8(14-3)15-7/h5H,4H2,1-3H3,(H,12,13). The molecule has 1 heterocycles. The maximum Gasteiger partial charge on any atom is 0.265 e. The van der Waals surface area contributed by atoms with Crippen molar-refractivity contribution in [2.45, 2.75) is 17.7 Å². The molecule has 0 fully saturated rings. The van der Waals surface area contributed by atoms with Crippen LogP contribution in [0.2, 0.25) is 0 Å². The SMILES string of the molecule is CN=C(C)C(=O)NCc1ncc(SC)s1. The summed E-state index contributed by atoms with van der Waals surface area (Å²) in [6.45, 7) is 2.15. The van der Waals surface area contributed by atoms with Gasteiger partial charge in [-0.3, -0.25) is 9.79 Å². The Balaban J connectivity index is 2.47. The lowest BCUT2D eigenvalue weighted by molar-refractivity contribution is -0.115. The molecule has 15 heavy (non-hydrogen) atoms. The number of aromatic nitrogens is 1. The summed E-state index contributed by atoms with van der Waals surface area (Å²) >= 11 is 3.25. The first-order valence-electron chi connectivity index (χ1n) is 4.37. The van der Waals surface area contributed by atoms with Gasteiger partial charge in [-0.25, -0.2) is 4.98 Å². The molecule has 0 aliphatic heterocycles. The summed E-state index contributed by atoms with van der Waals surface area (Å²) < 4.78 is 1.15. The lowest BCUT2D eigenvalue weighted by Gasteiger charge is -2.00. The van der Waals surface area contributed by atoms with Crippen LogP contribution in [0.5, 0.6) is 0 Å². The molecule has 1 aromatic rings. The molecule has 82 valence electrons. The summed E-state index contributed by atoms with van der Waals surface area (Å²) in [6.07, 6.45) is 3.82. The zero-order valence-corrected chi connectivity index (χ0v) is 10.5. The van der Waals surface area contributed by atoms with E-state index in [-0.39, 0.29) is 5.91 Å². The van der Waals surface area contributed by atoms with Crippen molar-refractivity contribution in [3.63, 3.8) is 0 Å². The minimum atomic E-state index is -0.140. The summed E-state index contributed by atoms with van der Waals surface area (Å²) in [7, 11) is 1.60. The molecular formula is C9H13N3OS2. The van der Waals surface area contributed by atoms with Crippen LogP contribution in [-0.4, -0.2) is 29.9 Å². The van der Waals surface area contributed by atoms with E-state index in [0.717, 1.165) is 9.22 Å². The number of hydrogen-bond acceptors (Lipinski definition) is 5. The van der Waals surface area contributed by atoms with Gasteiger partial charge in [-0.05, 0) is 13.2 Å². The van der Waals surface area contributed by atoms with Gasteiger partial charge in [0.15, 0.2) is 0 Å². The predicted molar refractivity (Wildman–Crippen MR) is 64.8 cm³/mol. The molecule has 0 aliphatic carbocycles. The van der Waals surface area contributed by atoms with Gasteiger partial charge in [-0.15, -0.1) is 23.1 Å². The second-order valence-electron chi connectivity index (χ2n) is 2.77. The molecule has 6 heteroatoms. The highest BCUT2D eigenvalue weighted by Gasteiger charge is 2.06. The van der Waals surface area contributed by atoms with Crippen LogP contribution in [0.15, 0.2) is 15.4 Å². The Morgan fingerprint density at radius 1 is 1.73 bits per heavy atom. The number of thiazole rings is 1. The van der Waals surface area contributed by atoms with Crippen LogP contribution in [-0.2, 0) is 11.3 Å². The summed E-state index contributed by atoms with van der Waals surface area (Å²) in [5.74, 6) is -0.140. The number of hydrogen-bond donors (Lipinski definition) is 1. The number of carbonyl (C=O) groups excluding carboxylic acids is 1. The molecule has 0 bridgehead atoms. The summed E-state index contributed by atoms with van der Waals surface area (Å²) in [4.78, 5) is 19.3. The lowest BCUT2D eigenvalue weighted by atomic mass is 10.4. The van der Waals surface area contributed by atoms with Gasteiger partial charge >= 0.3 is 0 Å². The fourth-order valence-electron chi connectivity index (χ4n) is 0.855. The minimum absolute atomic E-state index is 0.140. The molecule has 0 unspecified atom stereocenters. The zero-order chi connectivity index (χ0) is 11.3. The second kappa shape index (κ2) is 5.87. The average Bonchev–Trinajstić information content (AvgIpc) is 2.72. The molecule has 0 saturated carbocycles. The van der Waals surface area contributed by atoms with E-state index >= 15 is 0 Å². The molecule has 0 aromatic carbocycles. The highest BCUT2D eigenvalue weighted by atomic mass is 32.2. The van der Waals surface area contributed by atoms with Crippen LogP contribution in [0.3, 0.4) is 0 Å². The summed E-state index contributed by atoms with van der Waals surface area (Å²) in [5.41, 5.74) is 0.483. The molecule has 0 spiro atoms. The third-order valence-corrected chi connectivity index (χ3v) is 3.85. The van der Waals surface area contributed by atoms with Crippen LogP contribution in [0.4, 0.5) is 0 Å². The molecule has 0 radical (unpaired) electrons. The molecule has 4 nitrogen and oxygen atoms in total. The molecule has 1 N–H and O–H groups in total. The van der Waals surface area contributed by atoms with E-state index < -0.39 is 0 Å². The maximum absolute atomic E-state index is 11.4. The smallest absolute Gasteiger partial charge is 0.265 e. The molecule has 0 aliphatic rings. The monoisotopic (exact) mass is 243 g/mol. The highest BCUT2D eigenvalue weighted by Crippen LogP contribution is 2.22. The van der Waals surface area contributed by atoms with Crippen LogP contribution in [0.25, 0.3) is 0 Å². The number of carbonyl (C=O) groups is 1. The molecular weight excluding hydrogens is 230 g/mol. The minimum Gasteiger partial charge on any atom is -0.344 e. The van der Waals surface area contributed by atoms with Crippen LogP contribution in [0, 0.1) is 0 Å². The Kier molecular flexibility index (Phi) is 4.77. The van der Waals surface area contributed by atoms with Gasteiger partial charge < -0.3 is 5.32 Å². The van der Waals surface area contributed by atoms with Crippen molar-refractivity contribution in [3.05, 3.63) is 11.2 Å². The fraction of sp³-hybridized carbons (Fsp3) is 0.444. The molecule has 1 aromatic heterocycles. The lowest BCUT2D eigenvalue weighted by Crippen LogP contribution is -2.28. The first-order chi connectivity index (χ1) is 7.17. The topological polar surface area (TPSA) is 54.4 Å². The van der Waals surface area contributed by atoms with E-state index in [9.17, 15) is 4.79 Å². The van der Waals surface area contributed by atoms with Crippen molar-refractivity contribution >= 4 is 34.7 Å². The fourth-order valence-corrected chi connectivity index (χ4v) is 2.22. The predicted octanol–water partition coefficient (Wildman–Crippen LogP) is 1.57. The second-order valence-corrected chi connectivity index (χ2v) is 4.99. The number of rotatable bonds is 4. The van der Waals surface area contributed by atoms with Crippen LogP contribution in [0.1, 0.15) is 11.9 Å². The number of aliphatic imine (C=N–C) groups is 1. The van der Waals surface area contributed by atoms with Crippen molar-refractivity contribution in [2.75, 3.05) is 13.3 Å². The normalized spacial score (nSPS) is 11.5. The van der Waals surface area contributed by atoms with Crippen molar-refractivity contribution in [2.24, 2.45) is 4.99 Å². The largest absolute Gasteiger partial charge is 0.344 e. The van der Waals surface area contributed by atoms with E-state index in [1.54, 1.807) is 37.1 Å². The quantitative estimate of drug-likeness (QED) is 0.645. The van der Waals surface area contributed by atoms with Crippen LogP contribution >= 0.6 is 23.1 Å². The summed E-state index contributed by atoms with van der Waals surface area (Å²) in [5, 5.41) is 3.67. The van der Waals surface area contributed by atoms with Crippen molar-refractivity contribution < 1.29 is 4.79 Å². The number of nitrogens with zero attached hydrogens (tertiary/aromatic N) is 2. The Hall–Kier alpha value is -0.880. The third-order valence-electron chi connectivity index (χ3n) is 1.80.